The average molecular weight is 273 g/mol. The van der Waals surface area contributed by atoms with Gasteiger partial charge in [0, 0.05) is 21.9 Å². The lowest BCUT2D eigenvalue weighted by Crippen LogP contribution is -2.05. The molecule has 4 heteroatoms. The van der Waals surface area contributed by atoms with E-state index in [0.29, 0.717) is 10.6 Å². The maximum absolute atomic E-state index is 12.1. The van der Waals surface area contributed by atoms with Crippen LogP contribution in [0.15, 0.2) is 35.2 Å². The summed E-state index contributed by atoms with van der Waals surface area (Å²) in [4.78, 5) is 12.1. The van der Waals surface area contributed by atoms with Gasteiger partial charge in [-0.1, -0.05) is 11.6 Å². The van der Waals surface area contributed by atoms with Crippen LogP contribution < -0.4 is 0 Å². The standard InChI is InChI=1S/C12H13ClOS2/c1-15-7-10(8-16-2)12(14)9-3-5-11(13)6-4-9/h3-7H,8H2,1-2H3. The van der Waals surface area contributed by atoms with Crippen LogP contribution in [-0.2, 0) is 0 Å². The third kappa shape index (κ3) is 3.89. The number of benzene rings is 1. The van der Waals surface area contributed by atoms with E-state index in [-0.39, 0.29) is 5.78 Å². The number of ketones is 1. The molecule has 1 aromatic rings. The van der Waals surface area contributed by atoms with Gasteiger partial charge in [0.25, 0.3) is 0 Å². The second kappa shape index (κ2) is 7.05. The van der Waals surface area contributed by atoms with Gasteiger partial charge in [0.15, 0.2) is 5.78 Å². The van der Waals surface area contributed by atoms with E-state index < -0.39 is 0 Å². The van der Waals surface area contributed by atoms with Gasteiger partial charge in [-0.3, -0.25) is 4.79 Å². The molecule has 0 radical (unpaired) electrons. The van der Waals surface area contributed by atoms with Crippen molar-refractivity contribution in [2.24, 2.45) is 0 Å². The molecule has 0 fully saturated rings. The Morgan fingerprint density at radius 1 is 1.31 bits per heavy atom. The smallest absolute Gasteiger partial charge is 0.190 e. The molecular weight excluding hydrogens is 260 g/mol. The predicted molar refractivity (Wildman–Crippen MR) is 75.8 cm³/mol. The van der Waals surface area contributed by atoms with Crippen molar-refractivity contribution in [3.63, 3.8) is 0 Å². The molecule has 0 heterocycles. The maximum atomic E-state index is 12.1. The maximum Gasteiger partial charge on any atom is 0.190 e. The van der Waals surface area contributed by atoms with E-state index in [0.717, 1.165) is 11.3 Å². The van der Waals surface area contributed by atoms with E-state index >= 15 is 0 Å². The second-order valence-corrected chi connectivity index (χ2v) is 5.16. The summed E-state index contributed by atoms with van der Waals surface area (Å²) in [5.41, 5.74) is 1.53. The minimum atomic E-state index is 0.0837. The molecule has 0 spiro atoms. The van der Waals surface area contributed by atoms with Crippen LogP contribution in [0.3, 0.4) is 0 Å². The summed E-state index contributed by atoms with van der Waals surface area (Å²) < 4.78 is 0. The normalized spacial score (nSPS) is 11.6. The molecule has 0 amide bonds. The van der Waals surface area contributed by atoms with Crippen LogP contribution >= 0.6 is 35.1 Å². The van der Waals surface area contributed by atoms with Gasteiger partial charge in [-0.25, -0.2) is 0 Å². The molecule has 0 saturated carbocycles. The van der Waals surface area contributed by atoms with Gasteiger partial charge in [0.1, 0.15) is 0 Å². The van der Waals surface area contributed by atoms with Gasteiger partial charge in [0.2, 0.25) is 0 Å². The van der Waals surface area contributed by atoms with E-state index in [4.69, 9.17) is 11.6 Å². The molecule has 16 heavy (non-hydrogen) atoms. The van der Waals surface area contributed by atoms with Crippen LogP contribution in [0.2, 0.25) is 5.02 Å². The zero-order valence-corrected chi connectivity index (χ0v) is 11.6. The Morgan fingerprint density at radius 2 is 1.94 bits per heavy atom. The molecule has 0 bridgehead atoms. The van der Waals surface area contributed by atoms with Crippen molar-refractivity contribution in [2.75, 3.05) is 18.3 Å². The minimum absolute atomic E-state index is 0.0837. The highest BCUT2D eigenvalue weighted by molar-refractivity contribution is 8.01. The average Bonchev–Trinajstić information content (AvgIpc) is 2.29. The van der Waals surface area contributed by atoms with E-state index in [2.05, 4.69) is 0 Å². The van der Waals surface area contributed by atoms with Crippen molar-refractivity contribution in [1.82, 2.24) is 0 Å². The lowest BCUT2D eigenvalue weighted by Gasteiger charge is -2.04. The van der Waals surface area contributed by atoms with Gasteiger partial charge < -0.3 is 0 Å². The first kappa shape index (κ1) is 13.7. The molecule has 1 nitrogen and oxygen atoms in total. The van der Waals surface area contributed by atoms with E-state index in [1.54, 1.807) is 47.8 Å². The highest BCUT2D eigenvalue weighted by atomic mass is 35.5. The number of Topliss-reactive ketones (excluding diaryl/α,β-unsaturated/α-hetero) is 1. The third-order valence-electron chi connectivity index (χ3n) is 1.96. The Balaban J connectivity index is 2.90. The minimum Gasteiger partial charge on any atom is -0.289 e. The fourth-order valence-corrected chi connectivity index (χ4v) is 2.47. The Labute approximate surface area is 110 Å². The molecular formula is C12H13ClOS2. The summed E-state index contributed by atoms with van der Waals surface area (Å²) in [5.74, 6) is 0.822. The van der Waals surface area contributed by atoms with Crippen LogP contribution in [0.1, 0.15) is 10.4 Å². The number of halogens is 1. The molecule has 0 saturated heterocycles. The number of thioether (sulfide) groups is 2. The van der Waals surface area contributed by atoms with Crippen molar-refractivity contribution in [3.05, 3.63) is 45.8 Å². The molecule has 0 aliphatic heterocycles. The molecule has 1 rings (SSSR count). The Kier molecular flexibility index (Phi) is 6.03. The molecule has 1 aromatic carbocycles. The highest BCUT2D eigenvalue weighted by Gasteiger charge is 2.11. The van der Waals surface area contributed by atoms with Crippen molar-refractivity contribution in [1.29, 1.82) is 0 Å². The number of carbonyl (C=O) groups is 1. The van der Waals surface area contributed by atoms with E-state index in [9.17, 15) is 4.79 Å². The Morgan fingerprint density at radius 3 is 2.44 bits per heavy atom. The zero-order chi connectivity index (χ0) is 12.0. The number of hydrogen-bond acceptors (Lipinski definition) is 3. The molecule has 86 valence electrons. The van der Waals surface area contributed by atoms with Crippen LogP contribution in [0.25, 0.3) is 0 Å². The Bertz CT molecular complexity index is 385. The predicted octanol–water partition coefficient (Wildman–Crippen LogP) is 4.13. The monoisotopic (exact) mass is 272 g/mol. The van der Waals surface area contributed by atoms with Gasteiger partial charge in [-0.15, -0.1) is 11.8 Å². The third-order valence-corrected chi connectivity index (χ3v) is 3.33. The number of rotatable bonds is 5. The van der Waals surface area contributed by atoms with Crippen molar-refractivity contribution in [3.8, 4) is 0 Å². The molecule has 0 aliphatic rings. The topological polar surface area (TPSA) is 17.1 Å². The molecule has 0 aromatic heterocycles. The van der Waals surface area contributed by atoms with Crippen LogP contribution in [0.4, 0.5) is 0 Å². The Hall–Kier alpha value is -0.380. The van der Waals surface area contributed by atoms with Crippen molar-refractivity contribution >= 4 is 40.9 Å². The summed E-state index contributed by atoms with van der Waals surface area (Å²) in [5, 5.41) is 2.56. The fraction of sp³-hybridized carbons (Fsp3) is 0.250. The summed E-state index contributed by atoms with van der Waals surface area (Å²) in [6.45, 7) is 0. The van der Waals surface area contributed by atoms with Crippen LogP contribution in [-0.4, -0.2) is 24.0 Å². The number of carbonyl (C=O) groups excluding carboxylic acids is 1. The quantitative estimate of drug-likeness (QED) is 0.593. The lowest BCUT2D eigenvalue weighted by molar-refractivity contribution is 0.103. The molecule has 0 atom stereocenters. The summed E-state index contributed by atoms with van der Waals surface area (Å²) in [6.07, 6.45) is 3.94. The SMILES string of the molecule is CSC=C(CSC)C(=O)c1ccc(Cl)cc1. The van der Waals surface area contributed by atoms with E-state index in [1.165, 1.54) is 0 Å². The molecule has 0 N–H and O–H groups in total. The van der Waals surface area contributed by atoms with Gasteiger partial charge in [0.05, 0.1) is 0 Å². The summed E-state index contributed by atoms with van der Waals surface area (Å²) >= 11 is 8.98. The second-order valence-electron chi connectivity index (χ2n) is 3.15. The van der Waals surface area contributed by atoms with Crippen LogP contribution in [0, 0.1) is 0 Å². The van der Waals surface area contributed by atoms with E-state index in [1.807, 2.05) is 17.9 Å². The largest absolute Gasteiger partial charge is 0.289 e. The number of hydrogen-bond donors (Lipinski definition) is 0. The zero-order valence-electron chi connectivity index (χ0n) is 9.20. The van der Waals surface area contributed by atoms with Crippen molar-refractivity contribution < 1.29 is 4.79 Å². The highest BCUT2D eigenvalue weighted by Crippen LogP contribution is 2.17. The van der Waals surface area contributed by atoms with Gasteiger partial charge in [-0.2, -0.15) is 11.8 Å². The van der Waals surface area contributed by atoms with Gasteiger partial charge in [-0.05, 0) is 42.2 Å². The van der Waals surface area contributed by atoms with Gasteiger partial charge >= 0.3 is 0 Å². The van der Waals surface area contributed by atoms with Crippen molar-refractivity contribution in [2.45, 2.75) is 0 Å². The summed E-state index contributed by atoms with van der Waals surface area (Å²) in [6, 6.07) is 7.01. The molecule has 0 aliphatic carbocycles. The fourth-order valence-electron chi connectivity index (χ4n) is 1.24. The first-order chi connectivity index (χ1) is 7.69. The first-order valence-electron chi connectivity index (χ1n) is 4.70. The van der Waals surface area contributed by atoms with Crippen LogP contribution in [0.5, 0.6) is 0 Å². The summed E-state index contributed by atoms with van der Waals surface area (Å²) in [7, 11) is 0. The molecule has 0 unspecified atom stereocenters. The first-order valence-corrected chi connectivity index (χ1v) is 7.76. The lowest BCUT2D eigenvalue weighted by atomic mass is 10.1.